The largest absolute Gasteiger partial charge is 0.346 e. The summed E-state index contributed by atoms with van der Waals surface area (Å²) in [4.78, 5) is 3.02. The maximum Gasteiger partial charge on any atom is 0.123 e. The molecule has 0 saturated heterocycles. The number of nitriles is 2. The van der Waals surface area contributed by atoms with Crippen LogP contribution in [0.25, 0.3) is 10.9 Å². The third-order valence-corrected chi connectivity index (χ3v) is 2.48. The molecular weight excluding hydrogens is 186 g/mol. The van der Waals surface area contributed by atoms with E-state index in [2.05, 4.69) is 17.1 Å². The van der Waals surface area contributed by atoms with Gasteiger partial charge in [-0.05, 0) is 13.0 Å². The van der Waals surface area contributed by atoms with Gasteiger partial charge in [-0.15, -0.1) is 0 Å². The van der Waals surface area contributed by atoms with Crippen molar-refractivity contribution < 1.29 is 0 Å². The van der Waals surface area contributed by atoms with Gasteiger partial charge in [0, 0.05) is 16.5 Å². The number of H-pyrrole nitrogens is 1. The van der Waals surface area contributed by atoms with Gasteiger partial charge in [-0.3, -0.25) is 0 Å². The van der Waals surface area contributed by atoms with Crippen LogP contribution in [-0.2, 0) is 0 Å². The molecule has 0 amide bonds. The smallest absolute Gasteiger partial charge is 0.123 e. The van der Waals surface area contributed by atoms with Crippen molar-refractivity contribution in [1.82, 2.24) is 4.98 Å². The van der Waals surface area contributed by atoms with Gasteiger partial charge in [-0.2, -0.15) is 10.5 Å². The minimum atomic E-state index is -0.268. The van der Waals surface area contributed by atoms with Gasteiger partial charge in [-0.1, -0.05) is 18.2 Å². The Balaban J connectivity index is 2.81. The number of rotatable bonds is 1. The highest BCUT2D eigenvalue weighted by Crippen LogP contribution is 2.28. The predicted molar refractivity (Wildman–Crippen MR) is 57.0 cm³/mol. The fourth-order valence-corrected chi connectivity index (χ4v) is 1.77. The zero-order valence-corrected chi connectivity index (χ0v) is 8.28. The van der Waals surface area contributed by atoms with Gasteiger partial charge in [0.25, 0.3) is 0 Å². The highest BCUT2D eigenvalue weighted by molar-refractivity contribution is 5.86. The van der Waals surface area contributed by atoms with Gasteiger partial charge in [0.15, 0.2) is 0 Å². The monoisotopic (exact) mass is 195 g/mol. The van der Waals surface area contributed by atoms with E-state index < -0.39 is 0 Å². The Morgan fingerprint density at radius 3 is 2.67 bits per heavy atom. The van der Waals surface area contributed by atoms with Crippen molar-refractivity contribution in [1.29, 1.82) is 10.5 Å². The fourth-order valence-electron chi connectivity index (χ4n) is 1.77. The van der Waals surface area contributed by atoms with Crippen molar-refractivity contribution in [3.63, 3.8) is 0 Å². The van der Waals surface area contributed by atoms with Crippen LogP contribution in [0.5, 0.6) is 0 Å². The number of aromatic nitrogens is 1. The van der Waals surface area contributed by atoms with Crippen LogP contribution in [0.4, 0.5) is 0 Å². The lowest BCUT2D eigenvalue weighted by molar-refractivity contribution is 0.985. The van der Waals surface area contributed by atoms with E-state index in [1.54, 1.807) is 6.92 Å². The van der Waals surface area contributed by atoms with Gasteiger partial charge in [-0.25, -0.2) is 0 Å². The minimum Gasteiger partial charge on any atom is -0.346 e. The van der Waals surface area contributed by atoms with E-state index in [0.29, 0.717) is 5.69 Å². The number of para-hydroxylation sites is 1. The first-order valence-electron chi connectivity index (χ1n) is 4.68. The van der Waals surface area contributed by atoms with Crippen LogP contribution >= 0.6 is 0 Å². The zero-order chi connectivity index (χ0) is 10.8. The molecule has 15 heavy (non-hydrogen) atoms. The van der Waals surface area contributed by atoms with Crippen LogP contribution in [-0.4, -0.2) is 4.98 Å². The number of hydrogen-bond donors (Lipinski definition) is 1. The highest BCUT2D eigenvalue weighted by Gasteiger charge is 2.16. The topological polar surface area (TPSA) is 63.4 Å². The predicted octanol–water partition coefficient (Wildman–Crippen LogP) is 2.67. The highest BCUT2D eigenvalue weighted by atomic mass is 14.7. The summed E-state index contributed by atoms with van der Waals surface area (Å²) in [7, 11) is 0. The van der Waals surface area contributed by atoms with Crippen LogP contribution < -0.4 is 0 Å². The molecular formula is C12H9N3. The summed E-state index contributed by atoms with van der Waals surface area (Å²) >= 11 is 0. The maximum atomic E-state index is 8.97. The molecule has 0 aliphatic rings. The summed E-state index contributed by atoms with van der Waals surface area (Å²) in [5, 5.41) is 18.8. The molecule has 1 aromatic carbocycles. The molecule has 1 heterocycles. The lowest BCUT2D eigenvalue weighted by Gasteiger charge is -2.00. The Labute approximate surface area is 87.6 Å². The van der Waals surface area contributed by atoms with Crippen LogP contribution in [0.3, 0.4) is 0 Å². The van der Waals surface area contributed by atoms with Crippen molar-refractivity contribution in [2.45, 2.75) is 12.8 Å². The van der Waals surface area contributed by atoms with Gasteiger partial charge in [0.1, 0.15) is 11.8 Å². The molecule has 3 heteroatoms. The first-order chi connectivity index (χ1) is 7.27. The third kappa shape index (κ3) is 1.35. The van der Waals surface area contributed by atoms with Crippen molar-refractivity contribution >= 4 is 10.9 Å². The average molecular weight is 195 g/mol. The Morgan fingerprint density at radius 1 is 1.27 bits per heavy atom. The molecule has 72 valence electrons. The second kappa shape index (κ2) is 3.48. The lowest BCUT2D eigenvalue weighted by Crippen LogP contribution is -1.91. The molecule has 0 bridgehead atoms. The number of hydrogen-bond acceptors (Lipinski definition) is 2. The van der Waals surface area contributed by atoms with Crippen molar-refractivity contribution in [2.24, 2.45) is 0 Å². The van der Waals surface area contributed by atoms with E-state index in [0.717, 1.165) is 16.5 Å². The summed E-state index contributed by atoms with van der Waals surface area (Å²) in [5.74, 6) is -0.268. The zero-order valence-electron chi connectivity index (χ0n) is 8.28. The number of fused-ring (bicyclic) bond motifs is 1. The van der Waals surface area contributed by atoms with Crippen LogP contribution in [0.15, 0.2) is 24.3 Å². The second-order valence-corrected chi connectivity index (χ2v) is 3.42. The maximum absolute atomic E-state index is 8.97. The summed E-state index contributed by atoms with van der Waals surface area (Å²) in [6.45, 7) is 1.80. The van der Waals surface area contributed by atoms with Crippen LogP contribution in [0.1, 0.15) is 24.1 Å². The van der Waals surface area contributed by atoms with E-state index in [9.17, 15) is 0 Å². The van der Waals surface area contributed by atoms with Crippen LogP contribution in [0.2, 0.25) is 0 Å². The normalized spacial score (nSPS) is 11.9. The summed E-state index contributed by atoms with van der Waals surface area (Å²) in [6.07, 6.45) is 0. The molecule has 0 fully saturated rings. The van der Waals surface area contributed by atoms with Crippen molar-refractivity contribution in [3.8, 4) is 12.1 Å². The Bertz CT molecular complexity index is 581. The van der Waals surface area contributed by atoms with Gasteiger partial charge in [0.05, 0.1) is 12.0 Å². The molecule has 0 radical (unpaired) electrons. The number of nitrogens with zero attached hydrogens (tertiary/aromatic N) is 2. The molecule has 2 aromatic rings. The first kappa shape index (κ1) is 9.30. The van der Waals surface area contributed by atoms with E-state index in [1.807, 2.05) is 24.3 Å². The van der Waals surface area contributed by atoms with Gasteiger partial charge in [0.2, 0.25) is 0 Å². The standard InChI is InChI=1S/C12H9N3/c1-8(6-13)12-9-4-2-3-5-10(9)15-11(12)7-14/h2-5,8,15H,1H3. The molecule has 2 rings (SSSR count). The van der Waals surface area contributed by atoms with E-state index >= 15 is 0 Å². The molecule has 0 aliphatic carbocycles. The quantitative estimate of drug-likeness (QED) is 0.760. The van der Waals surface area contributed by atoms with Crippen molar-refractivity contribution in [2.75, 3.05) is 0 Å². The number of aromatic amines is 1. The molecule has 3 nitrogen and oxygen atoms in total. The fraction of sp³-hybridized carbons (Fsp3) is 0.167. The Hall–Kier alpha value is -2.26. The molecule has 0 aliphatic heterocycles. The molecule has 1 unspecified atom stereocenters. The lowest BCUT2D eigenvalue weighted by atomic mass is 9.99. The Kier molecular flexibility index (Phi) is 2.15. The summed E-state index contributed by atoms with van der Waals surface area (Å²) in [5.41, 5.74) is 2.20. The third-order valence-electron chi connectivity index (χ3n) is 2.48. The van der Waals surface area contributed by atoms with E-state index in [-0.39, 0.29) is 5.92 Å². The molecule has 1 atom stereocenters. The molecule has 0 spiro atoms. The number of nitrogens with one attached hydrogen (secondary N) is 1. The SMILES string of the molecule is CC(C#N)c1c(C#N)[nH]c2ccccc12. The summed E-state index contributed by atoms with van der Waals surface area (Å²) < 4.78 is 0. The van der Waals surface area contributed by atoms with E-state index in [1.165, 1.54) is 0 Å². The second-order valence-electron chi connectivity index (χ2n) is 3.42. The molecule has 1 N–H and O–H groups in total. The molecule has 0 saturated carbocycles. The Morgan fingerprint density at radius 2 is 2.00 bits per heavy atom. The first-order valence-corrected chi connectivity index (χ1v) is 4.68. The van der Waals surface area contributed by atoms with Gasteiger partial charge >= 0.3 is 0 Å². The van der Waals surface area contributed by atoms with Crippen LogP contribution in [0, 0.1) is 22.7 Å². The average Bonchev–Trinajstić information content (AvgIpc) is 2.66. The van der Waals surface area contributed by atoms with Gasteiger partial charge < -0.3 is 4.98 Å². The minimum absolute atomic E-state index is 0.268. The van der Waals surface area contributed by atoms with Crippen molar-refractivity contribution in [3.05, 3.63) is 35.5 Å². The molecule has 1 aromatic heterocycles. The summed E-state index contributed by atoms with van der Waals surface area (Å²) in [6, 6.07) is 11.9. The van der Waals surface area contributed by atoms with E-state index in [4.69, 9.17) is 10.5 Å². The number of benzene rings is 1.